The SMILES string of the molecule is CC1(C)C[C@@H]2C3=CC[C@@H]4[C@@]5(C)CC[C@H](O[C@@H]6OC[C@@H](O)[C@H](O[C@@H]7O[C@H](CO)[C@@H](O)[C@H](O)[C@H]7O)[C@H]6O)C(C)(C)[C@@H]5CC[C@@]4(C)[C@]3(C)C[C@H](O)[C@@]2(CO)[C@H](OC(=O)c2ccccc2)C1. The lowest BCUT2D eigenvalue weighted by Gasteiger charge is -2.72. The Labute approximate surface area is 365 Å². The second kappa shape index (κ2) is 16.4. The number of esters is 1. The molecule has 8 rings (SSSR count). The van der Waals surface area contributed by atoms with Gasteiger partial charge in [0.25, 0.3) is 0 Å². The molecular weight excluding hydrogens is 801 g/mol. The van der Waals surface area contributed by atoms with Crippen molar-refractivity contribution in [3.8, 4) is 0 Å². The minimum atomic E-state index is -1.71. The second-order valence-electron chi connectivity index (χ2n) is 22.2. The van der Waals surface area contributed by atoms with Crippen molar-refractivity contribution in [1.82, 2.24) is 0 Å². The average molecular weight is 873 g/mol. The number of carbonyl (C=O) groups is 1. The molecule has 2 aliphatic heterocycles. The first-order valence-electron chi connectivity index (χ1n) is 22.9. The molecule has 8 N–H and O–H groups in total. The minimum Gasteiger partial charge on any atom is -0.458 e. The summed E-state index contributed by atoms with van der Waals surface area (Å²) in [5, 5.41) is 87.2. The van der Waals surface area contributed by atoms with E-state index in [1.165, 1.54) is 5.57 Å². The molecule has 6 fully saturated rings. The van der Waals surface area contributed by atoms with E-state index in [9.17, 15) is 45.6 Å². The van der Waals surface area contributed by atoms with Crippen LogP contribution in [0.3, 0.4) is 0 Å². The summed E-state index contributed by atoms with van der Waals surface area (Å²) in [6, 6.07) is 8.92. The van der Waals surface area contributed by atoms with Crippen molar-refractivity contribution in [1.29, 1.82) is 0 Å². The van der Waals surface area contributed by atoms with E-state index >= 15 is 0 Å². The van der Waals surface area contributed by atoms with Crippen LogP contribution >= 0.6 is 0 Å². The van der Waals surface area contributed by atoms with Crippen molar-refractivity contribution >= 4 is 5.97 Å². The van der Waals surface area contributed by atoms with Crippen LogP contribution in [0.25, 0.3) is 0 Å². The Morgan fingerprint density at radius 2 is 1.48 bits per heavy atom. The van der Waals surface area contributed by atoms with Gasteiger partial charge in [-0.05, 0) is 108 Å². The van der Waals surface area contributed by atoms with Crippen LogP contribution in [-0.4, -0.2) is 140 Å². The summed E-state index contributed by atoms with van der Waals surface area (Å²) in [5.74, 6) is -0.139. The highest BCUT2D eigenvalue weighted by molar-refractivity contribution is 5.89. The zero-order valence-corrected chi connectivity index (χ0v) is 37.4. The summed E-state index contributed by atoms with van der Waals surface area (Å²) in [5.41, 5.74) is -0.596. The Morgan fingerprint density at radius 3 is 2.16 bits per heavy atom. The molecule has 5 aliphatic carbocycles. The highest BCUT2D eigenvalue weighted by atomic mass is 16.7. The lowest BCUT2D eigenvalue weighted by atomic mass is 9.33. The van der Waals surface area contributed by atoms with Gasteiger partial charge in [0.15, 0.2) is 12.6 Å². The summed E-state index contributed by atoms with van der Waals surface area (Å²) in [6.07, 6.45) is -6.62. The van der Waals surface area contributed by atoms with E-state index in [2.05, 4.69) is 54.5 Å². The van der Waals surface area contributed by atoms with E-state index in [1.807, 2.05) is 6.07 Å². The standard InChI is InChI=1S/C48H72O14/c1-43(2)19-27-26-13-14-31-45(5)17-16-33(61-41-38(56)39(28(51)23-58-41)62-42-37(55)36(54)35(53)29(22-49)59-42)44(3,4)30(45)15-18-46(31,6)47(26,7)20-32(52)48(27,24-50)34(21-43)60-40(57)25-11-9-8-10-12-25/h8-13,27-39,41-42,49-56H,14-24H2,1-7H3/t27-,28-,29-,30+,31-,32+,33+,34-,35-,36+,37-,38-,39+,41+,42+,45+,46-,47-,48+/m1/s1. The summed E-state index contributed by atoms with van der Waals surface area (Å²) in [7, 11) is 0. The van der Waals surface area contributed by atoms with Gasteiger partial charge in [0.2, 0.25) is 0 Å². The molecule has 2 saturated heterocycles. The molecule has 0 amide bonds. The quantitative estimate of drug-likeness (QED) is 0.107. The van der Waals surface area contributed by atoms with Gasteiger partial charge in [-0.3, -0.25) is 0 Å². The van der Waals surface area contributed by atoms with E-state index in [-0.39, 0.29) is 64.1 Å². The van der Waals surface area contributed by atoms with Crippen LogP contribution in [-0.2, 0) is 23.7 Å². The van der Waals surface area contributed by atoms with Gasteiger partial charge in [0.1, 0.15) is 48.8 Å². The second-order valence-corrected chi connectivity index (χ2v) is 22.2. The van der Waals surface area contributed by atoms with Crippen molar-refractivity contribution in [3.63, 3.8) is 0 Å². The maximum atomic E-state index is 13.6. The van der Waals surface area contributed by atoms with Crippen molar-refractivity contribution < 1.29 is 69.3 Å². The largest absolute Gasteiger partial charge is 0.458 e. The fourth-order valence-corrected chi connectivity index (χ4v) is 14.6. The van der Waals surface area contributed by atoms with Gasteiger partial charge in [-0.2, -0.15) is 0 Å². The number of aliphatic hydroxyl groups is 8. The first kappa shape index (κ1) is 46.5. The molecule has 348 valence electrons. The molecule has 0 aromatic heterocycles. The zero-order valence-electron chi connectivity index (χ0n) is 37.4. The molecule has 2 heterocycles. The number of hydrogen-bond acceptors (Lipinski definition) is 14. The number of fused-ring (bicyclic) bond motifs is 7. The van der Waals surface area contributed by atoms with Crippen LogP contribution in [0.1, 0.15) is 110 Å². The third kappa shape index (κ3) is 7.08. The monoisotopic (exact) mass is 872 g/mol. The minimum absolute atomic E-state index is 0.117. The molecule has 7 aliphatic rings. The maximum absolute atomic E-state index is 13.6. The van der Waals surface area contributed by atoms with Gasteiger partial charge in [-0.1, -0.05) is 78.3 Å². The van der Waals surface area contributed by atoms with Crippen LogP contribution in [0.4, 0.5) is 0 Å². The summed E-state index contributed by atoms with van der Waals surface area (Å²) in [6.45, 7) is 14.9. The van der Waals surface area contributed by atoms with Gasteiger partial charge in [-0.15, -0.1) is 0 Å². The van der Waals surface area contributed by atoms with E-state index in [0.717, 1.165) is 32.1 Å². The molecular formula is C48H72O14. The van der Waals surface area contributed by atoms with Crippen LogP contribution < -0.4 is 0 Å². The van der Waals surface area contributed by atoms with Crippen molar-refractivity contribution in [2.75, 3.05) is 19.8 Å². The van der Waals surface area contributed by atoms with Gasteiger partial charge in [0.05, 0.1) is 43.0 Å². The Balaban J connectivity index is 1.02. The highest BCUT2D eigenvalue weighted by Gasteiger charge is 2.72. The number of allylic oxidation sites excluding steroid dienone is 2. The molecule has 14 heteroatoms. The molecule has 4 saturated carbocycles. The first-order valence-corrected chi connectivity index (χ1v) is 22.9. The Bertz CT molecular complexity index is 1820. The zero-order chi connectivity index (χ0) is 44.9. The first-order chi connectivity index (χ1) is 29.1. The fraction of sp³-hybridized carbons (Fsp3) is 0.812. The molecule has 14 nitrogen and oxygen atoms in total. The molecule has 0 spiro atoms. The van der Waals surface area contributed by atoms with E-state index in [1.54, 1.807) is 24.3 Å². The van der Waals surface area contributed by atoms with Gasteiger partial charge in [0, 0.05) is 0 Å². The molecule has 19 atom stereocenters. The predicted molar refractivity (Wildman–Crippen MR) is 224 cm³/mol. The third-order valence-corrected chi connectivity index (χ3v) is 18.2. The lowest BCUT2D eigenvalue weighted by Crippen LogP contribution is -2.69. The molecule has 1 aromatic carbocycles. The summed E-state index contributed by atoms with van der Waals surface area (Å²) < 4.78 is 30.3. The average Bonchev–Trinajstić information content (AvgIpc) is 3.21. The van der Waals surface area contributed by atoms with Crippen LogP contribution in [0.15, 0.2) is 42.0 Å². The van der Waals surface area contributed by atoms with E-state index < -0.39 is 85.5 Å². The van der Waals surface area contributed by atoms with Crippen LogP contribution in [0.5, 0.6) is 0 Å². The Hall–Kier alpha value is -2.05. The number of aliphatic hydroxyl groups excluding tert-OH is 8. The van der Waals surface area contributed by atoms with Gasteiger partial charge in [-0.25, -0.2) is 4.79 Å². The van der Waals surface area contributed by atoms with Gasteiger partial charge < -0.3 is 64.5 Å². The number of benzene rings is 1. The smallest absolute Gasteiger partial charge is 0.338 e. The third-order valence-electron chi connectivity index (χ3n) is 18.2. The number of hydrogen-bond donors (Lipinski definition) is 8. The molecule has 0 bridgehead atoms. The lowest BCUT2D eigenvalue weighted by molar-refractivity contribution is -0.357. The van der Waals surface area contributed by atoms with Crippen LogP contribution in [0.2, 0.25) is 0 Å². The fourth-order valence-electron chi connectivity index (χ4n) is 14.6. The molecule has 0 unspecified atom stereocenters. The van der Waals surface area contributed by atoms with Crippen LogP contribution in [0, 0.1) is 50.2 Å². The maximum Gasteiger partial charge on any atom is 0.338 e. The summed E-state index contributed by atoms with van der Waals surface area (Å²) >= 11 is 0. The highest BCUT2D eigenvalue weighted by Crippen LogP contribution is 2.76. The Kier molecular flexibility index (Phi) is 12.3. The topological polar surface area (TPSA) is 225 Å². The van der Waals surface area contributed by atoms with Crippen molar-refractivity contribution in [3.05, 3.63) is 47.5 Å². The molecule has 62 heavy (non-hydrogen) atoms. The van der Waals surface area contributed by atoms with Gasteiger partial charge >= 0.3 is 5.97 Å². The Morgan fingerprint density at radius 1 is 0.774 bits per heavy atom. The molecule has 0 radical (unpaired) electrons. The van der Waals surface area contributed by atoms with E-state index in [4.69, 9.17) is 23.7 Å². The number of ether oxygens (including phenoxy) is 5. The predicted octanol–water partition coefficient (Wildman–Crippen LogP) is 3.24. The summed E-state index contributed by atoms with van der Waals surface area (Å²) in [4.78, 5) is 13.6. The normalized spacial score (nSPS) is 49.6. The number of rotatable bonds is 8. The van der Waals surface area contributed by atoms with Crippen molar-refractivity contribution in [2.24, 2.45) is 50.2 Å². The van der Waals surface area contributed by atoms with Crippen molar-refractivity contribution in [2.45, 2.75) is 173 Å². The molecule has 1 aromatic rings. The van der Waals surface area contributed by atoms with E-state index in [0.29, 0.717) is 24.8 Å². The number of carbonyl (C=O) groups excluding carboxylic acids is 1.